The van der Waals surface area contributed by atoms with Crippen molar-refractivity contribution >= 4 is 60.8 Å². The van der Waals surface area contributed by atoms with Crippen LogP contribution in [-0.4, -0.2) is 23.6 Å². The molecular weight excluding hydrogens is 1550 g/mol. The van der Waals surface area contributed by atoms with Crippen LogP contribution in [0.15, 0.2) is 121 Å². The SMILES string of the molecule is O=P([O-])([O-])CP(=O)([O-])Oc1ccccc1.O=P([O-])([O-])CP(=O)([O-])Oc1ccccc1.O=P([O-])([O-])CP(=O)([O-])Oc1ccccc1.O=P([O-])([O-])CP(=O)([O-])Oc1ccccc1.[Pt+4].[Pt+4].[Pt+4]. The summed E-state index contributed by atoms with van der Waals surface area (Å²) in [5.41, 5.74) is 0. The predicted octanol–water partition coefficient (Wildman–Crippen LogP) is -2.05. The van der Waals surface area contributed by atoms with E-state index in [0.29, 0.717) is 0 Å². The first kappa shape index (κ1) is 66.8. The van der Waals surface area contributed by atoms with Crippen LogP contribution in [0.25, 0.3) is 0 Å². The molecule has 0 radical (unpaired) electrons. The van der Waals surface area contributed by atoms with Gasteiger partial charge in [0.05, 0.1) is 23.6 Å². The van der Waals surface area contributed by atoms with E-state index in [2.05, 4.69) is 18.1 Å². The normalized spacial score (nSPS) is 14.9. The minimum Gasteiger partial charge on any atom is -0.810 e. The molecule has 63 heavy (non-hydrogen) atoms. The first-order chi connectivity index (χ1) is 27.1. The van der Waals surface area contributed by atoms with Crippen LogP contribution in [0.2, 0.25) is 0 Å². The van der Waals surface area contributed by atoms with Crippen LogP contribution in [-0.2, 0) is 99.7 Å². The Bertz CT molecular complexity index is 1990. The second-order valence-electron chi connectivity index (χ2n) is 11.1. The first-order valence-corrected chi connectivity index (χ1v) is 29.2. The Morgan fingerprint density at radius 2 is 0.397 bits per heavy atom. The summed E-state index contributed by atoms with van der Waals surface area (Å²) in [4.78, 5) is 126. The number of hydrogen-bond acceptors (Lipinski definition) is 24. The monoisotopic (exact) mass is 1580 g/mol. The van der Waals surface area contributed by atoms with Crippen molar-refractivity contribution in [3.63, 3.8) is 0 Å². The van der Waals surface area contributed by atoms with Crippen molar-refractivity contribution in [3.8, 4) is 23.0 Å². The van der Waals surface area contributed by atoms with Crippen molar-refractivity contribution in [1.29, 1.82) is 0 Å². The van der Waals surface area contributed by atoms with Gasteiger partial charge in [-0.3, -0.25) is 18.3 Å². The molecule has 4 aromatic carbocycles. The molecule has 4 atom stereocenters. The molecule has 0 aliphatic rings. The Morgan fingerprint density at radius 3 is 0.508 bits per heavy atom. The van der Waals surface area contributed by atoms with Gasteiger partial charge in [-0.15, -0.1) is 0 Å². The van der Waals surface area contributed by atoms with Crippen LogP contribution in [0, 0.1) is 0 Å². The standard InChI is InChI=1S/4C7H10O6P2.3Pt/c4*8-14(9,10)6-15(11,12)13-7-4-2-1-3-5-7;;;/h4*1-5H,6H2,(H,11,12)(H2,8,9,10);;;/q;;;;3*+4/p-12. The van der Waals surface area contributed by atoms with E-state index < -0.39 is 84.4 Å². The van der Waals surface area contributed by atoms with Gasteiger partial charge in [0.1, 0.15) is 23.0 Å². The molecule has 0 saturated carbocycles. The molecule has 0 N–H and O–H groups in total. The maximum absolute atomic E-state index is 11.0. The molecule has 354 valence electrons. The van der Waals surface area contributed by atoms with Gasteiger partial charge in [-0.1, -0.05) is 103 Å². The van der Waals surface area contributed by atoms with Gasteiger partial charge < -0.3 is 95.1 Å². The Kier molecular flexibility index (Phi) is 31.2. The molecule has 24 nitrogen and oxygen atoms in total. The molecular formula is C28H28O24P8Pt3. The van der Waals surface area contributed by atoms with Crippen molar-refractivity contribution in [2.45, 2.75) is 0 Å². The molecule has 35 heteroatoms. The maximum atomic E-state index is 11.0. The second kappa shape index (κ2) is 29.4. The molecule has 0 spiro atoms. The fourth-order valence-electron chi connectivity index (χ4n) is 3.53. The van der Waals surface area contributed by atoms with Crippen molar-refractivity contribution in [1.82, 2.24) is 0 Å². The molecule has 4 unspecified atom stereocenters. The van der Waals surface area contributed by atoms with Gasteiger partial charge in [-0.05, 0) is 48.5 Å². The molecule has 4 aromatic rings. The molecule has 0 heterocycles. The molecule has 0 fully saturated rings. The number of rotatable bonds is 16. The van der Waals surface area contributed by atoms with E-state index in [9.17, 15) is 95.2 Å². The van der Waals surface area contributed by atoms with E-state index in [1.54, 1.807) is 24.3 Å². The molecule has 0 bridgehead atoms. The zero-order chi connectivity index (χ0) is 46.1. The summed E-state index contributed by atoms with van der Waals surface area (Å²) in [5, 5.41) is 0. The van der Waals surface area contributed by atoms with Crippen LogP contribution in [0.1, 0.15) is 0 Å². The van der Waals surface area contributed by atoms with Gasteiger partial charge in [0.25, 0.3) is 0 Å². The zero-order valence-electron chi connectivity index (χ0n) is 30.7. The fourth-order valence-corrected chi connectivity index (χ4v) is 13.0. The Balaban J connectivity index is -0.000000750. The van der Waals surface area contributed by atoms with E-state index in [0.717, 1.165) is 0 Å². The summed E-state index contributed by atoms with van der Waals surface area (Å²) in [6.07, 6.45) is 0. The number of para-hydroxylation sites is 4. The van der Waals surface area contributed by atoms with E-state index in [-0.39, 0.29) is 86.2 Å². The topological polar surface area (TPSA) is 450 Å². The van der Waals surface area contributed by atoms with Gasteiger partial charge >= 0.3 is 63.2 Å². The van der Waals surface area contributed by atoms with Crippen molar-refractivity contribution in [2.24, 2.45) is 0 Å². The van der Waals surface area contributed by atoms with Gasteiger partial charge in [0.15, 0.2) is 30.4 Å². The average Bonchev–Trinajstić information content (AvgIpc) is 3.02. The summed E-state index contributed by atoms with van der Waals surface area (Å²) in [5.74, 6) is -6.17. The maximum Gasteiger partial charge on any atom is 4.00 e. The third-order valence-electron chi connectivity index (χ3n) is 5.34. The van der Waals surface area contributed by atoms with E-state index in [4.69, 9.17) is 0 Å². The number of benzene rings is 4. The molecule has 0 aliphatic carbocycles. The van der Waals surface area contributed by atoms with E-state index in [1.807, 2.05) is 0 Å². The van der Waals surface area contributed by atoms with Gasteiger partial charge in [-0.2, -0.15) is 0 Å². The second-order valence-corrected chi connectivity index (χ2v) is 26.1. The van der Waals surface area contributed by atoms with Crippen LogP contribution < -0.4 is 76.8 Å². The summed E-state index contributed by atoms with van der Waals surface area (Å²) < 4.78 is 103. The third-order valence-corrected chi connectivity index (χ3v) is 18.4. The molecule has 0 aliphatic heterocycles. The Morgan fingerprint density at radius 1 is 0.270 bits per heavy atom. The van der Waals surface area contributed by atoms with Gasteiger partial charge in [-0.25, -0.2) is 0 Å². The quantitative estimate of drug-likeness (QED) is 0.109. The molecule has 0 amide bonds. The van der Waals surface area contributed by atoms with Crippen molar-refractivity contribution in [2.75, 3.05) is 23.6 Å². The Hall–Kier alpha value is -0.495. The minimum atomic E-state index is -5.12. The minimum absolute atomic E-state index is 0. The van der Waals surface area contributed by atoms with Crippen LogP contribution in [0.4, 0.5) is 0 Å². The third kappa shape index (κ3) is 38.2. The summed E-state index contributed by atoms with van der Waals surface area (Å²) in [6.45, 7) is 0. The smallest absolute Gasteiger partial charge is 0.810 e. The predicted molar refractivity (Wildman–Crippen MR) is 189 cm³/mol. The van der Waals surface area contributed by atoms with Crippen LogP contribution in [0.5, 0.6) is 23.0 Å². The van der Waals surface area contributed by atoms with Gasteiger partial charge in [0.2, 0.25) is 0 Å². The molecule has 0 aromatic heterocycles. The average molecular weight is 1580 g/mol. The van der Waals surface area contributed by atoms with Crippen LogP contribution in [0.3, 0.4) is 0 Å². The van der Waals surface area contributed by atoms with Crippen molar-refractivity contribution < 1.29 is 177 Å². The van der Waals surface area contributed by atoms with Gasteiger partial charge in [0, 0.05) is 0 Å². The fraction of sp³-hybridized carbons (Fsp3) is 0.143. The van der Waals surface area contributed by atoms with Crippen molar-refractivity contribution in [3.05, 3.63) is 121 Å². The van der Waals surface area contributed by atoms with Crippen LogP contribution >= 0.6 is 60.8 Å². The van der Waals surface area contributed by atoms with E-state index >= 15 is 0 Å². The summed E-state index contributed by atoms with van der Waals surface area (Å²) in [7, 11) is -39.2. The first-order valence-electron chi connectivity index (χ1n) is 15.4. The molecule has 0 saturated heterocycles. The van der Waals surface area contributed by atoms with E-state index in [1.165, 1.54) is 97.1 Å². The summed E-state index contributed by atoms with van der Waals surface area (Å²) >= 11 is 0. The summed E-state index contributed by atoms with van der Waals surface area (Å²) in [6, 6.07) is 29.4. The number of hydrogen-bond donors (Lipinski definition) is 0. The molecule has 4 rings (SSSR count). The largest absolute Gasteiger partial charge is 4.00 e. The Labute approximate surface area is 402 Å². The zero-order valence-corrected chi connectivity index (χ0v) is 44.7.